The Bertz CT molecular complexity index is 279. The molecule has 0 spiro atoms. The second kappa shape index (κ2) is 5.26. The molecule has 80 valence electrons. The van der Waals surface area contributed by atoms with Gasteiger partial charge in [0.1, 0.15) is 0 Å². The third kappa shape index (κ3) is 3.35. The first-order valence-electron chi connectivity index (χ1n) is 4.63. The summed E-state index contributed by atoms with van der Waals surface area (Å²) in [6.45, 7) is 6.69. The lowest BCUT2D eigenvalue weighted by Crippen LogP contribution is -2.18. The van der Waals surface area contributed by atoms with Gasteiger partial charge in [-0.2, -0.15) is 0 Å². The summed E-state index contributed by atoms with van der Waals surface area (Å²) in [6.07, 6.45) is 0.241. The Hall–Kier alpha value is 0.100. The van der Waals surface area contributed by atoms with Crippen molar-refractivity contribution in [2.24, 2.45) is 5.73 Å². The predicted octanol–water partition coefficient (Wildman–Crippen LogP) is 3.24. The zero-order valence-electron chi connectivity index (χ0n) is 8.71. The molecule has 0 aromatic carbocycles. The highest BCUT2D eigenvalue weighted by molar-refractivity contribution is 9.11. The Kier molecular flexibility index (Phi) is 4.57. The maximum atomic E-state index is 5.99. The number of ether oxygens (including phenoxy) is 1. The molecule has 2 N–H and O–H groups in total. The highest BCUT2D eigenvalue weighted by Crippen LogP contribution is 2.30. The Morgan fingerprint density at radius 1 is 1.57 bits per heavy atom. The van der Waals surface area contributed by atoms with E-state index in [2.05, 4.69) is 28.9 Å². The minimum atomic E-state index is -0.00704. The Labute approximate surface area is 97.6 Å². The van der Waals surface area contributed by atoms with Gasteiger partial charge < -0.3 is 10.5 Å². The largest absolute Gasteiger partial charge is 0.377 e. The SMILES string of the molecule is Cc1cc(C(N)COC(C)C)sc1Br. The van der Waals surface area contributed by atoms with E-state index in [1.807, 2.05) is 13.8 Å². The zero-order valence-corrected chi connectivity index (χ0v) is 11.1. The first kappa shape index (κ1) is 12.2. The summed E-state index contributed by atoms with van der Waals surface area (Å²) in [4.78, 5) is 1.18. The molecular weight excluding hydrogens is 262 g/mol. The molecule has 0 bridgehead atoms. The van der Waals surface area contributed by atoms with Crippen LogP contribution in [0.15, 0.2) is 9.85 Å². The van der Waals surface area contributed by atoms with Gasteiger partial charge in [-0.25, -0.2) is 0 Å². The Morgan fingerprint density at radius 2 is 2.21 bits per heavy atom. The van der Waals surface area contributed by atoms with Crippen LogP contribution in [0.2, 0.25) is 0 Å². The van der Waals surface area contributed by atoms with Crippen molar-refractivity contribution >= 4 is 27.3 Å². The quantitative estimate of drug-likeness (QED) is 0.917. The van der Waals surface area contributed by atoms with Gasteiger partial charge in [-0.05, 0) is 48.3 Å². The average Bonchev–Trinajstić information content (AvgIpc) is 2.43. The van der Waals surface area contributed by atoms with Crippen molar-refractivity contribution in [1.82, 2.24) is 0 Å². The molecule has 0 aliphatic rings. The maximum absolute atomic E-state index is 5.99. The van der Waals surface area contributed by atoms with Crippen LogP contribution in [-0.2, 0) is 4.74 Å². The lowest BCUT2D eigenvalue weighted by Gasteiger charge is -2.12. The molecule has 0 aliphatic heterocycles. The fourth-order valence-electron chi connectivity index (χ4n) is 1.04. The monoisotopic (exact) mass is 277 g/mol. The number of rotatable bonds is 4. The van der Waals surface area contributed by atoms with Crippen molar-refractivity contribution in [3.8, 4) is 0 Å². The van der Waals surface area contributed by atoms with Crippen LogP contribution in [-0.4, -0.2) is 12.7 Å². The lowest BCUT2D eigenvalue weighted by molar-refractivity contribution is 0.0688. The molecule has 14 heavy (non-hydrogen) atoms. The molecule has 1 heterocycles. The van der Waals surface area contributed by atoms with E-state index in [9.17, 15) is 0 Å². The molecule has 0 saturated heterocycles. The van der Waals surface area contributed by atoms with Crippen molar-refractivity contribution in [3.05, 3.63) is 20.3 Å². The van der Waals surface area contributed by atoms with Crippen LogP contribution in [0.4, 0.5) is 0 Å². The van der Waals surface area contributed by atoms with E-state index in [1.165, 1.54) is 10.4 Å². The van der Waals surface area contributed by atoms with Crippen LogP contribution in [0, 0.1) is 6.92 Å². The van der Waals surface area contributed by atoms with Crippen molar-refractivity contribution < 1.29 is 4.74 Å². The van der Waals surface area contributed by atoms with Crippen LogP contribution in [0.5, 0.6) is 0 Å². The van der Waals surface area contributed by atoms with E-state index in [0.717, 1.165) is 3.79 Å². The summed E-state index contributed by atoms with van der Waals surface area (Å²) in [5.74, 6) is 0. The highest BCUT2D eigenvalue weighted by atomic mass is 79.9. The molecule has 0 saturated carbocycles. The van der Waals surface area contributed by atoms with Crippen molar-refractivity contribution in [2.75, 3.05) is 6.61 Å². The molecule has 0 amide bonds. The van der Waals surface area contributed by atoms with E-state index in [-0.39, 0.29) is 12.1 Å². The van der Waals surface area contributed by atoms with Gasteiger partial charge in [0, 0.05) is 4.88 Å². The number of nitrogens with two attached hydrogens (primary N) is 1. The number of aryl methyl sites for hydroxylation is 1. The fraction of sp³-hybridized carbons (Fsp3) is 0.600. The number of thiophene rings is 1. The summed E-state index contributed by atoms with van der Waals surface area (Å²) in [5, 5.41) is 0. The van der Waals surface area contributed by atoms with E-state index in [1.54, 1.807) is 11.3 Å². The number of hydrogen-bond donors (Lipinski definition) is 1. The van der Waals surface area contributed by atoms with Crippen molar-refractivity contribution in [1.29, 1.82) is 0 Å². The minimum Gasteiger partial charge on any atom is -0.377 e. The van der Waals surface area contributed by atoms with Gasteiger partial charge in [0.05, 0.1) is 22.5 Å². The molecule has 0 aliphatic carbocycles. The summed E-state index contributed by atoms with van der Waals surface area (Å²) in [7, 11) is 0. The summed E-state index contributed by atoms with van der Waals surface area (Å²) >= 11 is 5.17. The predicted molar refractivity (Wildman–Crippen MR) is 64.8 cm³/mol. The van der Waals surface area contributed by atoms with Gasteiger partial charge in [-0.15, -0.1) is 11.3 Å². The van der Waals surface area contributed by atoms with Crippen LogP contribution < -0.4 is 5.73 Å². The Morgan fingerprint density at radius 3 is 2.64 bits per heavy atom. The van der Waals surface area contributed by atoms with Gasteiger partial charge in [-0.3, -0.25) is 0 Å². The molecule has 1 aromatic rings. The van der Waals surface area contributed by atoms with Crippen molar-refractivity contribution in [3.63, 3.8) is 0 Å². The molecule has 1 atom stereocenters. The third-order valence-electron chi connectivity index (χ3n) is 1.85. The molecular formula is C10H16BrNOS. The summed E-state index contributed by atoms with van der Waals surface area (Å²) in [5.41, 5.74) is 7.23. The standard InChI is InChI=1S/C10H16BrNOS/c1-6(2)13-5-8(12)9-4-7(3)10(11)14-9/h4,6,8H,5,12H2,1-3H3. The fourth-order valence-corrected chi connectivity index (χ4v) is 2.60. The molecule has 1 unspecified atom stereocenters. The van der Waals surface area contributed by atoms with Gasteiger partial charge >= 0.3 is 0 Å². The molecule has 0 radical (unpaired) electrons. The molecule has 1 rings (SSSR count). The van der Waals surface area contributed by atoms with Crippen molar-refractivity contribution in [2.45, 2.75) is 32.9 Å². The van der Waals surface area contributed by atoms with E-state index < -0.39 is 0 Å². The van der Waals surface area contributed by atoms with Crippen LogP contribution >= 0.6 is 27.3 Å². The second-order valence-electron chi connectivity index (χ2n) is 3.59. The van der Waals surface area contributed by atoms with E-state index in [4.69, 9.17) is 10.5 Å². The van der Waals surface area contributed by atoms with Gasteiger partial charge in [-0.1, -0.05) is 0 Å². The van der Waals surface area contributed by atoms with E-state index in [0.29, 0.717) is 6.61 Å². The summed E-state index contributed by atoms with van der Waals surface area (Å²) < 4.78 is 6.63. The first-order valence-corrected chi connectivity index (χ1v) is 6.24. The number of halogens is 1. The average molecular weight is 278 g/mol. The van der Waals surface area contributed by atoms with Crippen LogP contribution in [0.25, 0.3) is 0 Å². The Balaban J connectivity index is 2.56. The van der Waals surface area contributed by atoms with Gasteiger partial charge in [0.25, 0.3) is 0 Å². The molecule has 1 aromatic heterocycles. The van der Waals surface area contributed by atoms with E-state index >= 15 is 0 Å². The van der Waals surface area contributed by atoms with Gasteiger partial charge in [0.2, 0.25) is 0 Å². The lowest BCUT2D eigenvalue weighted by atomic mass is 10.2. The maximum Gasteiger partial charge on any atom is 0.0731 e. The highest BCUT2D eigenvalue weighted by Gasteiger charge is 2.11. The van der Waals surface area contributed by atoms with Crippen LogP contribution in [0.1, 0.15) is 30.3 Å². The zero-order chi connectivity index (χ0) is 10.7. The smallest absolute Gasteiger partial charge is 0.0731 e. The normalized spacial score (nSPS) is 13.6. The van der Waals surface area contributed by atoms with Gasteiger partial charge in [0.15, 0.2) is 0 Å². The third-order valence-corrected chi connectivity index (χ3v) is 4.12. The van der Waals surface area contributed by atoms with Crippen LogP contribution in [0.3, 0.4) is 0 Å². The first-order chi connectivity index (χ1) is 6.50. The molecule has 4 heteroatoms. The topological polar surface area (TPSA) is 35.2 Å². The minimum absolute atomic E-state index is 0.00704. The second-order valence-corrected chi connectivity index (χ2v) is 6.00. The molecule has 2 nitrogen and oxygen atoms in total. The number of hydrogen-bond acceptors (Lipinski definition) is 3. The molecule has 0 fully saturated rings. The summed E-state index contributed by atoms with van der Waals surface area (Å²) in [6, 6.07) is 2.11.